The second kappa shape index (κ2) is 7.97. The molecule has 5 nitrogen and oxygen atoms in total. The fraction of sp³-hybridized carbons (Fsp3) is 0.158. The number of nitrogens with zero attached hydrogens (tertiary/aromatic N) is 1. The maximum absolute atomic E-state index is 11.6. The highest BCUT2D eigenvalue weighted by molar-refractivity contribution is 5.85. The second-order valence-corrected chi connectivity index (χ2v) is 5.32. The lowest BCUT2D eigenvalue weighted by molar-refractivity contribution is 0.140. The van der Waals surface area contributed by atoms with E-state index in [1.54, 1.807) is 6.20 Å². The summed E-state index contributed by atoms with van der Waals surface area (Å²) in [7, 11) is 0. The zero-order valence-corrected chi connectivity index (χ0v) is 13.2. The Morgan fingerprint density at radius 3 is 2.96 bits per heavy atom. The second-order valence-electron chi connectivity index (χ2n) is 5.32. The molecule has 0 bridgehead atoms. The van der Waals surface area contributed by atoms with Gasteiger partial charge in [-0.3, -0.25) is 0 Å². The third kappa shape index (κ3) is 4.23. The predicted octanol–water partition coefficient (Wildman–Crippen LogP) is 3.89. The number of hydrogen-bond acceptors (Lipinski definition) is 3. The Labute approximate surface area is 140 Å². The van der Waals surface area contributed by atoms with Gasteiger partial charge in [-0.15, -0.1) is 0 Å². The van der Waals surface area contributed by atoms with E-state index in [1.165, 1.54) is 0 Å². The first-order valence-electron chi connectivity index (χ1n) is 7.86. The smallest absolute Gasteiger partial charge is 0.407 e. The van der Waals surface area contributed by atoms with E-state index in [0.29, 0.717) is 6.54 Å². The van der Waals surface area contributed by atoms with Gasteiger partial charge in [0.2, 0.25) is 0 Å². The highest BCUT2D eigenvalue weighted by Crippen LogP contribution is 2.16. The molecule has 0 aliphatic carbocycles. The van der Waals surface area contributed by atoms with Gasteiger partial charge in [0.15, 0.2) is 0 Å². The van der Waals surface area contributed by atoms with Crippen molar-refractivity contribution in [3.05, 3.63) is 72.1 Å². The van der Waals surface area contributed by atoms with Crippen molar-refractivity contribution in [3.8, 4) is 0 Å². The monoisotopic (exact) mass is 321 g/mol. The van der Waals surface area contributed by atoms with Gasteiger partial charge in [-0.1, -0.05) is 42.5 Å². The third-order valence-electron chi connectivity index (χ3n) is 3.58. The topological polar surface area (TPSA) is 67.0 Å². The fourth-order valence-corrected chi connectivity index (χ4v) is 2.37. The molecule has 2 aromatic heterocycles. The summed E-state index contributed by atoms with van der Waals surface area (Å²) >= 11 is 0. The van der Waals surface area contributed by atoms with E-state index in [1.807, 2.05) is 60.8 Å². The molecule has 122 valence electrons. The minimum Gasteiger partial charge on any atom is -0.445 e. The SMILES string of the molecule is O=C(NCCC=Cc1ccnc2[nH]ccc12)OCc1ccccc1. The fourth-order valence-electron chi connectivity index (χ4n) is 2.37. The zero-order valence-electron chi connectivity index (χ0n) is 13.2. The molecule has 0 spiro atoms. The Kier molecular flexibility index (Phi) is 5.24. The van der Waals surface area contributed by atoms with Gasteiger partial charge in [0.1, 0.15) is 12.3 Å². The van der Waals surface area contributed by atoms with Crippen LogP contribution in [0.4, 0.5) is 4.79 Å². The third-order valence-corrected chi connectivity index (χ3v) is 3.58. The van der Waals surface area contributed by atoms with E-state index in [9.17, 15) is 4.79 Å². The molecule has 0 radical (unpaired) electrons. The van der Waals surface area contributed by atoms with E-state index >= 15 is 0 Å². The van der Waals surface area contributed by atoms with Crippen molar-refractivity contribution in [2.75, 3.05) is 6.54 Å². The standard InChI is InChI=1S/C19H19N3O2/c23-19(24-14-15-6-2-1-3-7-15)22-11-5-4-8-16-9-12-20-18-17(16)10-13-21-18/h1-4,6-10,12-13H,5,11,14H2,(H,20,21)(H,22,23). The van der Waals surface area contributed by atoms with E-state index in [-0.39, 0.29) is 6.61 Å². The number of aromatic nitrogens is 2. The predicted molar refractivity (Wildman–Crippen MR) is 94.4 cm³/mol. The molecule has 1 amide bonds. The number of aromatic amines is 1. The van der Waals surface area contributed by atoms with E-state index in [4.69, 9.17) is 4.74 Å². The van der Waals surface area contributed by atoms with Crippen LogP contribution < -0.4 is 5.32 Å². The molecule has 24 heavy (non-hydrogen) atoms. The number of fused-ring (bicyclic) bond motifs is 1. The molecule has 1 aromatic carbocycles. The molecule has 3 rings (SSSR count). The van der Waals surface area contributed by atoms with Crippen molar-refractivity contribution >= 4 is 23.2 Å². The Hall–Kier alpha value is -3.08. The van der Waals surface area contributed by atoms with Gasteiger partial charge in [-0.2, -0.15) is 0 Å². The quantitative estimate of drug-likeness (QED) is 0.677. The van der Waals surface area contributed by atoms with Crippen molar-refractivity contribution in [2.24, 2.45) is 0 Å². The molecule has 0 saturated carbocycles. The summed E-state index contributed by atoms with van der Waals surface area (Å²) < 4.78 is 5.15. The molecule has 3 aromatic rings. The summed E-state index contributed by atoms with van der Waals surface area (Å²) in [6, 6.07) is 13.6. The van der Waals surface area contributed by atoms with Crippen LogP contribution in [0, 0.1) is 0 Å². The van der Waals surface area contributed by atoms with Gasteiger partial charge in [0, 0.05) is 24.3 Å². The number of rotatable bonds is 6. The molecule has 0 atom stereocenters. The van der Waals surface area contributed by atoms with Crippen LogP contribution in [0.25, 0.3) is 17.1 Å². The largest absolute Gasteiger partial charge is 0.445 e. The van der Waals surface area contributed by atoms with Crippen LogP contribution in [0.3, 0.4) is 0 Å². The Bertz CT molecular complexity index is 825. The summed E-state index contributed by atoms with van der Waals surface area (Å²) in [5.74, 6) is 0. The number of alkyl carbamates (subject to hydrolysis) is 1. The maximum atomic E-state index is 11.6. The van der Waals surface area contributed by atoms with Crippen LogP contribution >= 0.6 is 0 Å². The highest BCUT2D eigenvalue weighted by atomic mass is 16.5. The molecule has 0 aliphatic heterocycles. The number of H-pyrrole nitrogens is 1. The van der Waals surface area contributed by atoms with Gasteiger partial charge in [0.05, 0.1) is 0 Å². The average molecular weight is 321 g/mol. The lowest BCUT2D eigenvalue weighted by Crippen LogP contribution is -2.24. The Morgan fingerprint density at radius 1 is 1.21 bits per heavy atom. The van der Waals surface area contributed by atoms with Gasteiger partial charge in [0.25, 0.3) is 0 Å². The first-order valence-corrected chi connectivity index (χ1v) is 7.86. The van der Waals surface area contributed by atoms with Crippen LogP contribution in [0.1, 0.15) is 17.5 Å². The number of ether oxygens (including phenoxy) is 1. The molecule has 0 unspecified atom stereocenters. The molecule has 2 heterocycles. The lowest BCUT2D eigenvalue weighted by Gasteiger charge is -2.05. The summed E-state index contributed by atoms with van der Waals surface area (Å²) in [4.78, 5) is 19.0. The van der Waals surface area contributed by atoms with Gasteiger partial charge < -0.3 is 15.0 Å². The van der Waals surface area contributed by atoms with E-state index in [2.05, 4.69) is 15.3 Å². The molecule has 0 saturated heterocycles. The van der Waals surface area contributed by atoms with Crippen LogP contribution in [0.15, 0.2) is 60.9 Å². The Morgan fingerprint density at radius 2 is 2.08 bits per heavy atom. The number of benzene rings is 1. The average Bonchev–Trinajstić information content (AvgIpc) is 3.10. The molecule has 0 fully saturated rings. The molecule has 0 aliphatic rings. The summed E-state index contributed by atoms with van der Waals surface area (Å²) in [6.45, 7) is 0.816. The van der Waals surface area contributed by atoms with Crippen molar-refractivity contribution in [2.45, 2.75) is 13.0 Å². The summed E-state index contributed by atoms with van der Waals surface area (Å²) in [5, 5.41) is 3.83. The number of hydrogen-bond donors (Lipinski definition) is 2. The highest BCUT2D eigenvalue weighted by Gasteiger charge is 2.01. The van der Waals surface area contributed by atoms with Crippen molar-refractivity contribution in [3.63, 3.8) is 0 Å². The number of carbonyl (C=O) groups excluding carboxylic acids is 1. The molecular formula is C19H19N3O2. The lowest BCUT2D eigenvalue weighted by atomic mass is 10.1. The molecular weight excluding hydrogens is 302 g/mol. The molecule has 5 heteroatoms. The van der Waals surface area contributed by atoms with Gasteiger partial charge in [-0.05, 0) is 29.7 Å². The van der Waals surface area contributed by atoms with E-state index in [0.717, 1.165) is 28.6 Å². The van der Waals surface area contributed by atoms with Gasteiger partial charge in [-0.25, -0.2) is 9.78 Å². The first kappa shape index (κ1) is 15.8. The number of amides is 1. The zero-order chi connectivity index (χ0) is 16.6. The first-order chi connectivity index (χ1) is 11.8. The number of pyridine rings is 1. The normalized spacial score (nSPS) is 11.0. The Balaban J connectivity index is 1.40. The van der Waals surface area contributed by atoms with E-state index < -0.39 is 6.09 Å². The van der Waals surface area contributed by atoms with Crippen LogP contribution in [-0.2, 0) is 11.3 Å². The van der Waals surface area contributed by atoms with Crippen molar-refractivity contribution in [1.82, 2.24) is 15.3 Å². The van der Waals surface area contributed by atoms with Crippen molar-refractivity contribution < 1.29 is 9.53 Å². The summed E-state index contributed by atoms with van der Waals surface area (Å²) in [5.41, 5.74) is 2.95. The summed E-state index contributed by atoms with van der Waals surface area (Å²) in [6.07, 6.45) is 8.05. The van der Waals surface area contributed by atoms with Crippen LogP contribution in [0.2, 0.25) is 0 Å². The molecule has 2 N–H and O–H groups in total. The van der Waals surface area contributed by atoms with Crippen molar-refractivity contribution in [1.29, 1.82) is 0 Å². The number of carbonyl (C=O) groups is 1. The minimum absolute atomic E-state index is 0.283. The number of nitrogens with one attached hydrogen (secondary N) is 2. The minimum atomic E-state index is -0.399. The van der Waals surface area contributed by atoms with Crippen LogP contribution in [0.5, 0.6) is 0 Å². The van der Waals surface area contributed by atoms with Crippen LogP contribution in [-0.4, -0.2) is 22.6 Å². The maximum Gasteiger partial charge on any atom is 0.407 e. The van der Waals surface area contributed by atoms with Gasteiger partial charge >= 0.3 is 6.09 Å².